The van der Waals surface area contributed by atoms with E-state index in [-0.39, 0.29) is 6.42 Å². The Bertz CT molecular complexity index is 316. The minimum atomic E-state index is -4.78. The largest absolute Gasteiger partial charge is 0.480 e. The highest BCUT2D eigenvalue weighted by Crippen LogP contribution is 2.32. The molecule has 9 heteroatoms. The van der Waals surface area contributed by atoms with Crippen LogP contribution < -0.4 is 5.32 Å². The second-order valence-corrected chi connectivity index (χ2v) is 3.95. The summed E-state index contributed by atoms with van der Waals surface area (Å²) in [4.78, 5) is 21.7. The van der Waals surface area contributed by atoms with E-state index in [0.717, 1.165) is 0 Å². The van der Waals surface area contributed by atoms with Crippen molar-refractivity contribution in [3.63, 3.8) is 0 Å². The highest BCUT2D eigenvalue weighted by atomic mass is 19.4. The molecule has 0 unspecified atom stereocenters. The van der Waals surface area contributed by atoms with Crippen LogP contribution in [0.2, 0.25) is 0 Å². The fourth-order valence-corrected chi connectivity index (χ4v) is 0.848. The Morgan fingerprint density at radius 2 is 1.83 bits per heavy atom. The Hall–Kier alpha value is -1.51. The highest BCUT2D eigenvalue weighted by molar-refractivity contribution is 5.80. The first-order valence-electron chi connectivity index (χ1n) is 4.91. The molecule has 18 heavy (non-hydrogen) atoms. The molecule has 1 amide bonds. The normalized spacial score (nSPS) is 13.9. The van der Waals surface area contributed by atoms with E-state index in [4.69, 9.17) is 10.2 Å². The van der Waals surface area contributed by atoms with Crippen LogP contribution in [0.3, 0.4) is 0 Å². The number of rotatable bonds is 5. The summed E-state index contributed by atoms with van der Waals surface area (Å²) in [6.45, 7) is 0.725. The summed E-state index contributed by atoms with van der Waals surface area (Å²) in [7, 11) is 0. The molecule has 106 valence electrons. The number of ether oxygens (including phenoxy) is 1. The molecule has 6 nitrogen and oxygen atoms in total. The molecule has 0 fully saturated rings. The van der Waals surface area contributed by atoms with Crippen LogP contribution in [0.1, 0.15) is 20.3 Å². The van der Waals surface area contributed by atoms with Gasteiger partial charge in [0.25, 0.3) is 0 Å². The van der Waals surface area contributed by atoms with Crippen LogP contribution in [-0.2, 0) is 9.53 Å². The maximum atomic E-state index is 12.4. The lowest BCUT2D eigenvalue weighted by Gasteiger charge is -2.28. The predicted molar refractivity (Wildman–Crippen MR) is 52.9 cm³/mol. The first kappa shape index (κ1) is 16.5. The van der Waals surface area contributed by atoms with Crippen molar-refractivity contribution in [3.8, 4) is 0 Å². The summed E-state index contributed by atoms with van der Waals surface area (Å²) in [5.74, 6) is -1.48. The third-order valence-electron chi connectivity index (χ3n) is 2.04. The van der Waals surface area contributed by atoms with E-state index in [2.05, 4.69) is 4.74 Å². The van der Waals surface area contributed by atoms with E-state index in [1.807, 2.05) is 0 Å². The van der Waals surface area contributed by atoms with Gasteiger partial charge in [0.2, 0.25) is 5.60 Å². The molecule has 0 aliphatic rings. The zero-order valence-corrected chi connectivity index (χ0v) is 9.74. The Morgan fingerprint density at radius 3 is 2.17 bits per heavy atom. The van der Waals surface area contributed by atoms with E-state index in [1.165, 1.54) is 0 Å². The summed E-state index contributed by atoms with van der Waals surface area (Å²) in [6.07, 6.45) is -6.63. The average Bonchev–Trinajstić information content (AvgIpc) is 2.13. The molecule has 0 saturated heterocycles. The second-order valence-electron chi connectivity index (χ2n) is 3.95. The number of alkyl halides is 3. The van der Waals surface area contributed by atoms with Gasteiger partial charge in [0.05, 0.1) is 0 Å². The van der Waals surface area contributed by atoms with Crippen LogP contribution in [0.15, 0.2) is 0 Å². The number of halogens is 3. The third kappa shape index (κ3) is 4.78. The number of alkyl carbamates (subject to hydrolysis) is 1. The van der Waals surface area contributed by atoms with Crippen molar-refractivity contribution in [3.05, 3.63) is 0 Å². The molecule has 0 heterocycles. The molecular weight excluding hydrogens is 259 g/mol. The summed E-state index contributed by atoms with van der Waals surface area (Å²) in [5.41, 5.74) is -2.74. The van der Waals surface area contributed by atoms with E-state index < -0.39 is 36.5 Å². The van der Waals surface area contributed by atoms with Crippen LogP contribution >= 0.6 is 0 Å². The number of carboxylic acid groups (broad SMARTS) is 1. The Kier molecular flexibility index (Phi) is 5.40. The number of hydrogen-bond acceptors (Lipinski definition) is 4. The molecule has 0 spiro atoms. The molecular formula is C9H14F3NO5. The van der Waals surface area contributed by atoms with Crippen LogP contribution in [0, 0.1) is 0 Å². The van der Waals surface area contributed by atoms with Gasteiger partial charge in [0, 0.05) is 13.0 Å². The lowest BCUT2D eigenvalue weighted by molar-refractivity contribution is -0.244. The van der Waals surface area contributed by atoms with E-state index in [9.17, 15) is 22.8 Å². The van der Waals surface area contributed by atoms with E-state index in [1.54, 1.807) is 5.32 Å². The first-order valence-corrected chi connectivity index (χ1v) is 4.91. The molecule has 1 atom stereocenters. The molecule has 0 radical (unpaired) electrons. The van der Waals surface area contributed by atoms with Crippen LogP contribution in [0.25, 0.3) is 0 Å². The SMILES string of the molecule is CC(C)(OC(=O)N[C@@H](CCO)C(=O)O)C(F)(F)F. The number of carbonyl (C=O) groups is 2. The number of aliphatic hydroxyl groups excluding tert-OH is 1. The molecule has 0 aromatic heterocycles. The van der Waals surface area contributed by atoms with Gasteiger partial charge in [0.15, 0.2) is 0 Å². The smallest absolute Gasteiger partial charge is 0.427 e. The molecule has 0 bridgehead atoms. The standard InChI is InChI=1S/C9H14F3NO5/c1-8(2,9(10,11)12)18-7(17)13-5(3-4-14)6(15)16/h5,14H,3-4H2,1-2H3,(H,13,17)(H,15,16)/t5-/m0/s1. The van der Waals surface area contributed by atoms with Crippen molar-refractivity contribution >= 4 is 12.1 Å². The summed E-state index contributed by atoms with van der Waals surface area (Å²) in [5, 5.41) is 18.9. The highest BCUT2D eigenvalue weighted by Gasteiger charge is 2.51. The van der Waals surface area contributed by atoms with Crippen molar-refractivity contribution in [1.29, 1.82) is 0 Å². The van der Waals surface area contributed by atoms with Gasteiger partial charge in [-0.05, 0) is 13.8 Å². The number of carboxylic acids is 1. The Balaban J connectivity index is 4.55. The Labute approximate surface area is 101 Å². The van der Waals surface area contributed by atoms with Crippen molar-refractivity contribution in [2.24, 2.45) is 0 Å². The van der Waals surface area contributed by atoms with Crippen molar-refractivity contribution in [2.45, 2.75) is 38.1 Å². The van der Waals surface area contributed by atoms with Crippen LogP contribution in [0.4, 0.5) is 18.0 Å². The van der Waals surface area contributed by atoms with Gasteiger partial charge in [-0.15, -0.1) is 0 Å². The third-order valence-corrected chi connectivity index (χ3v) is 2.04. The summed E-state index contributed by atoms with van der Waals surface area (Å²) < 4.78 is 41.2. The zero-order chi connectivity index (χ0) is 14.6. The molecule has 0 aromatic carbocycles. The van der Waals surface area contributed by atoms with Crippen LogP contribution in [0.5, 0.6) is 0 Å². The number of amides is 1. The van der Waals surface area contributed by atoms with Crippen molar-refractivity contribution in [2.75, 3.05) is 6.61 Å². The van der Waals surface area contributed by atoms with E-state index >= 15 is 0 Å². The van der Waals surface area contributed by atoms with Gasteiger partial charge in [-0.2, -0.15) is 13.2 Å². The lowest BCUT2D eigenvalue weighted by atomic mass is 10.1. The van der Waals surface area contributed by atoms with Crippen molar-refractivity contribution < 1.29 is 37.7 Å². The fourth-order valence-electron chi connectivity index (χ4n) is 0.848. The average molecular weight is 273 g/mol. The van der Waals surface area contributed by atoms with Crippen LogP contribution in [-0.4, -0.2) is 46.7 Å². The quantitative estimate of drug-likeness (QED) is 0.691. The van der Waals surface area contributed by atoms with Gasteiger partial charge in [-0.3, -0.25) is 0 Å². The van der Waals surface area contributed by atoms with Crippen molar-refractivity contribution in [1.82, 2.24) is 5.32 Å². The van der Waals surface area contributed by atoms with Gasteiger partial charge < -0.3 is 20.3 Å². The molecule has 0 rings (SSSR count). The van der Waals surface area contributed by atoms with Gasteiger partial charge in [-0.25, -0.2) is 9.59 Å². The number of nitrogens with one attached hydrogen (secondary N) is 1. The van der Waals surface area contributed by atoms with E-state index in [0.29, 0.717) is 13.8 Å². The summed E-state index contributed by atoms with van der Waals surface area (Å²) in [6, 6.07) is -1.51. The summed E-state index contributed by atoms with van der Waals surface area (Å²) >= 11 is 0. The van der Waals surface area contributed by atoms with Gasteiger partial charge in [0.1, 0.15) is 6.04 Å². The van der Waals surface area contributed by atoms with Gasteiger partial charge in [-0.1, -0.05) is 0 Å². The second kappa shape index (κ2) is 5.89. The molecule has 3 N–H and O–H groups in total. The maximum absolute atomic E-state index is 12.4. The number of carbonyl (C=O) groups excluding carboxylic acids is 1. The Morgan fingerprint density at radius 1 is 1.33 bits per heavy atom. The molecule has 0 aliphatic carbocycles. The monoisotopic (exact) mass is 273 g/mol. The molecule has 0 aliphatic heterocycles. The minimum Gasteiger partial charge on any atom is -0.480 e. The zero-order valence-electron chi connectivity index (χ0n) is 9.74. The topological polar surface area (TPSA) is 95.9 Å². The number of aliphatic carboxylic acids is 1. The first-order chi connectivity index (χ1) is 8.01. The minimum absolute atomic E-state index is 0.336. The molecule has 0 aromatic rings. The lowest BCUT2D eigenvalue weighted by Crippen LogP contribution is -2.49. The number of hydrogen-bond donors (Lipinski definition) is 3. The fraction of sp³-hybridized carbons (Fsp3) is 0.778. The van der Waals surface area contributed by atoms with Gasteiger partial charge >= 0.3 is 18.2 Å². The number of aliphatic hydroxyl groups is 1. The predicted octanol–water partition coefficient (Wildman–Crippen LogP) is 0.889. The molecule has 0 saturated carbocycles. The maximum Gasteiger partial charge on any atom is 0.427 e.